The van der Waals surface area contributed by atoms with Crippen molar-refractivity contribution >= 4 is 28.9 Å². The van der Waals surface area contributed by atoms with Crippen molar-refractivity contribution in [2.45, 2.75) is 5.92 Å². The summed E-state index contributed by atoms with van der Waals surface area (Å²) in [6, 6.07) is 13.1. The van der Waals surface area contributed by atoms with E-state index in [1.54, 1.807) is 24.3 Å². The van der Waals surface area contributed by atoms with Crippen molar-refractivity contribution in [2.75, 3.05) is 0 Å². The van der Waals surface area contributed by atoms with Crippen molar-refractivity contribution in [1.29, 1.82) is 5.26 Å². The van der Waals surface area contributed by atoms with Gasteiger partial charge in [0.25, 0.3) is 5.69 Å². The number of nitrogens with zero attached hydrogens (tertiary/aromatic N) is 2. The van der Waals surface area contributed by atoms with Gasteiger partial charge in [0.05, 0.1) is 21.9 Å². The van der Waals surface area contributed by atoms with Gasteiger partial charge in [0.2, 0.25) is 0 Å². The van der Waals surface area contributed by atoms with Gasteiger partial charge in [-0.05, 0) is 29.3 Å². The highest BCUT2D eigenvalue weighted by Crippen LogP contribution is 2.32. The Kier molecular flexibility index (Phi) is 4.23. The Labute approximate surface area is 125 Å². The molecule has 0 radical (unpaired) electrons. The average molecular weight is 307 g/mol. The Morgan fingerprint density at radius 1 is 1.15 bits per heavy atom. The van der Waals surface area contributed by atoms with Gasteiger partial charge in [-0.15, -0.1) is 0 Å². The zero-order valence-corrected chi connectivity index (χ0v) is 11.6. The van der Waals surface area contributed by atoms with Crippen LogP contribution in [-0.4, -0.2) is 4.92 Å². The molecule has 0 amide bonds. The van der Waals surface area contributed by atoms with Crippen LogP contribution in [0.3, 0.4) is 0 Å². The van der Waals surface area contributed by atoms with Gasteiger partial charge in [-0.25, -0.2) is 0 Å². The first-order valence-electron chi connectivity index (χ1n) is 5.62. The SMILES string of the molecule is N#CC(c1ccc(Cl)cc1)c1ccc([N+](=O)[O-])cc1Cl. The van der Waals surface area contributed by atoms with Gasteiger partial charge in [0.15, 0.2) is 0 Å². The minimum atomic E-state index is -0.597. The third-order valence-electron chi connectivity index (χ3n) is 2.84. The molecular formula is C14H8Cl2N2O2. The summed E-state index contributed by atoms with van der Waals surface area (Å²) < 4.78 is 0. The van der Waals surface area contributed by atoms with E-state index in [9.17, 15) is 15.4 Å². The number of benzene rings is 2. The number of halogens is 2. The second kappa shape index (κ2) is 5.91. The molecule has 0 aromatic heterocycles. The number of rotatable bonds is 3. The van der Waals surface area contributed by atoms with Gasteiger partial charge in [-0.1, -0.05) is 35.3 Å². The molecule has 0 N–H and O–H groups in total. The second-order valence-electron chi connectivity index (χ2n) is 4.08. The van der Waals surface area contributed by atoms with Crippen molar-refractivity contribution in [3.63, 3.8) is 0 Å². The van der Waals surface area contributed by atoms with Crippen LogP contribution in [0.4, 0.5) is 5.69 Å². The molecule has 0 bridgehead atoms. The molecule has 6 heteroatoms. The van der Waals surface area contributed by atoms with Crippen LogP contribution in [0.25, 0.3) is 0 Å². The van der Waals surface area contributed by atoms with E-state index in [2.05, 4.69) is 6.07 Å². The van der Waals surface area contributed by atoms with Crippen LogP contribution in [0.15, 0.2) is 42.5 Å². The summed E-state index contributed by atoms with van der Waals surface area (Å²) in [4.78, 5) is 10.2. The topological polar surface area (TPSA) is 66.9 Å². The fourth-order valence-electron chi connectivity index (χ4n) is 1.84. The van der Waals surface area contributed by atoms with E-state index in [0.29, 0.717) is 10.6 Å². The van der Waals surface area contributed by atoms with Gasteiger partial charge < -0.3 is 0 Å². The highest BCUT2D eigenvalue weighted by Gasteiger charge is 2.19. The van der Waals surface area contributed by atoms with E-state index < -0.39 is 10.8 Å². The van der Waals surface area contributed by atoms with Crippen molar-refractivity contribution in [2.24, 2.45) is 0 Å². The summed E-state index contributed by atoms with van der Waals surface area (Å²) in [5.41, 5.74) is 1.15. The third kappa shape index (κ3) is 2.90. The van der Waals surface area contributed by atoms with Crippen LogP contribution < -0.4 is 0 Å². The van der Waals surface area contributed by atoms with Crippen molar-refractivity contribution in [3.05, 3.63) is 73.8 Å². The molecule has 0 heterocycles. The Morgan fingerprint density at radius 3 is 2.30 bits per heavy atom. The molecule has 1 atom stereocenters. The van der Waals surface area contributed by atoms with Crippen molar-refractivity contribution in [3.8, 4) is 6.07 Å². The number of hydrogen-bond acceptors (Lipinski definition) is 3. The summed E-state index contributed by atoms with van der Waals surface area (Å²) in [5.74, 6) is -0.597. The first-order valence-corrected chi connectivity index (χ1v) is 6.37. The maximum atomic E-state index is 10.7. The molecule has 0 saturated carbocycles. The van der Waals surface area contributed by atoms with E-state index in [4.69, 9.17) is 23.2 Å². The molecule has 0 fully saturated rings. The van der Waals surface area contributed by atoms with Crippen LogP contribution in [0.1, 0.15) is 17.0 Å². The normalized spacial score (nSPS) is 11.7. The first-order chi connectivity index (χ1) is 9.52. The quantitative estimate of drug-likeness (QED) is 0.616. The van der Waals surface area contributed by atoms with Gasteiger partial charge in [0, 0.05) is 17.2 Å². The Hall–Kier alpha value is -2.09. The lowest BCUT2D eigenvalue weighted by Crippen LogP contribution is -2.00. The minimum absolute atomic E-state index is 0.105. The molecule has 0 aliphatic heterocycles. The molecule has 0 saturated heterocycles. The highest BCUT2D eigenvalue weighted by atomic mass is 35.5. The molecule has 2 aromatic rings. The van der Waals surface area contributed by atoms with E-state index in [1.807, 2.05) is 0 Å². The lowest BCUT2D eigenvalue weighted by atomic mass is 9.92. The fraction of sp³-hybridized carbons (Fsp3) is 0.0714. The molecule has 100 valence electrons. The minimum Gasteiger partial charge on any atom is -0.258 e. The van der Waals surface area contributed by atoms with Gasteiger partial charge in [-0.3, -0.25) is 10.1 Å². The molecule has 0 aliphatic rings. The number of nitro benzene ring substituents is 1. The Bertz CT molecular complexity index is 693. The van der Waals surface area contributed by atoms with Crippen LogP contribution >= 0.6 is 23.2 Å². The van der Waals surface area contributed by atoms with E-state index in [1.165, 1.54) is 18.2 Å². The average Bonchev–Trinajstić information content (AvgIpc) is 2.43. The predicted molar refractivity (Wildman–Crippen MR) is 77.0 cm³/mol. The summed E-state index contributed by atoms with van der Waals surface area (Å²) >= 11 is 11.9. The smallest absolute Gasteiger partial charge is 0.258 e. The maximum Gasteiger partial charge on any atom is 0.270 e. The number of nitro groups is 1. The van der Waals surface area contributed by atoms with Gasteiger partial charge in [0.1, 0.15) is 0 Å². The molecule has 20 heavy (non-hydrogen) atoms. The highest BCUT2D eigenvalue weighted by molar-refractivity contribution is 6.31. The number of non-ortho nitro benzene ring substituents is 1. The zero-order chi connectivity index (χ0) is 14.7. The van der Waals surface area contributed by atoms with Crippen LogP contribution in [0, 0.1) is 21.4 Å². The summed E-state index contributed by atoms with van der Waals surface area (Å²) in [5, 5.41) is 20.8. The number of nitriles is 1. The van der Waals surface area contributed by atoms with Gasteiger partial charge in [-0.2, -0.15) is 5.26 Å². The Morgan fingerprint density at radius 2 is 1.80 bits per heavy atom. The maximum absolute atomic E-state index is 10.7. The summed E-state index contributed by atoms with van der Waals surface area (Å²) in [6.45, 7) is 0. The lowest BCUT2D eigenvalue weighted by Gasteiger charge is -2.11. The molecular weight excluding hydrogens is 299 g/mol. The fourth-order valence-corrected chi connectivity index (χ4v) is 2.25. The van der Waals surface area contributed by atoms with Gasteiger partial charge >= 0.3 is 0 Å². The molecule has 4 nitrogen and oxygen atoms in total. The van der Waals surface area contributed by atoms with Crippen LogP contribution in [0.2, 0.25) is 10.0 Å². The summed E-state index contributed by atoms with van der Waals surface area (Å²) in [7, 11) is 0. The lowest BCUT2D eigenvalue weighted by molar-refractivity contribution is -0.384. The van der Waals surface area contributed by atoms with Crippen molar-refractivity contribution in [1.82, 2.24) is 0 Å². The molecule has 0 aliphatic carbocycles. The number of hydrogen-bond donors (Lipinski definition) is 0. The zero-order valence-electron chi connectivity index (χ0n) is 10.1. The molecule has 2 rings (SSSR count). The second-order valence-corrected chi connectivity index (χ2v) is 4.92. The molecule has 0 spiro atoms. The molecule has 1 unspecified atom stereocenters. The monoisotopic (exact) mass is 306 g/mol. The Balaban J connectivity index is 2.45. The third-order valence-corrected chi connectivity index (χ3v) is 3.42. The van der Waals surface area contributed by atoms with E-state index >= 15 is 0 Å². The van der Waals surface area contributed by atoms with E-state index in [-0.39, 0.29) is 10.7 Å². The largest absolute Gasteiger partial charge is 0.270 e. The van der Waals surface area contributed by atoms with Crippen LogP contribution in [-0.2, 0) is 0 Å². The predicted octanol–water partition coefficient (Wildman–Crippen LogP) is 4.56. The first kappa shape index (κ1) is 14.3. The standard InChI is InChI=1S/C14H8Cl2N2O2/c15-10-3-1-9(2-4-10)13(8-17)12-6-5-11(18(19)20)7-14(12)16/h1-7,13H. The summed E-state index contributed by atoms with van der Waals surface area (Å²) in [6.07, 6.45) is 0. The molecule has 2 aromatic carbocycles. The van der Waals surface area contributed by atoms with Crippen molar-refractivity contribution < 1.29 is 4.92 Å². The van der Waals surface area contributed by atoms with Crippen LogP contribution in [0.5, 0.6) is 0 Å². The van der Waals surface area contributed by atoms with E-state index in [0.717, 1.165) is 5.56 Å².